The Morgan fingerprint density at radius 1 is 1.08 bits per heavy atom. The molecule has 0 aliphatic heterocycles. The van der Waals surface area contributed by atoms with Gasteiger partial charge < -0.3 is 43.4 Å². The van der Waals surface area contributed by atoms with Gasteiger partial charge in [0.05, 0.1) is 28.3 Å². The zero-order valence-electron chi connectivity index (χ0n) is 15.1. The van der Waals surface area contributed by atoms with Crippen LogP contribution < -0.4 is 28.7 Å². The zero-order valence-corrected chi connectivity index (χ0v) is 17.3. The normalized spacial score (nSPS) is 12.7. The van der Waals surface area contributed by atoms with Crippen LogP contribution >= 0.6 is 0 Å². The minimum absolute atomic E-state index is 0. The number of benzene rings is 2. The molecule has 0 spiro atoms. The van der Waals surface area contributed by atoms with Crippen LogP contribution in [0, 0.1) is 0 Å². The predicted octanol–water partition coefficient (Wildman–Crippen LogP) is 0.315. The summed E-state index contributed by atoms with van der Waals surface area (Å²) in [6.45, 7) is 0.556. The lowest BCUT2D eigenvalue weighted by molar-refractivity contribution is -0.874. The van der Waals surface area contributed by atoms with Crippen LogP contribution in [0.4, 0.5) is 0 Å². The second-order valence-corrected chi connectivity index (χ2v) is 6.89. The van der Waals surface area contributed by atoms with Gasteiger partial charge in [-0.15, -0.1) is 0 Å². The summed E-state index contributed by atoms with van der Waals surface area (Å²) in [5, 5.41) is 20.7. The fourth-order valence-electron chi connectivity index (χ4n) is 2.56. The Morgan fingerprint density at radius 2 is 1.72 bits per heavy atom. The van der Waals surface area contributed by atoms with Gasteiger partial charge in [0.2, 0.25) is 0 Å². The van der Waals surface area contributed by atoms with Gasteiger partial charge in [0, 0.05) is 0 Å². The number of aliphatic hydroxyl groups is 1. The van der Waals surface area contributed by atoms with Crippen LogP contribution in [0.2, 0.25) is 0 Å². The maximum atomic E-state index is 10.7. The highest BCUT2D eigenvalue weighted by atomic mass is 127. The molecule has 2 aromatic carbocycles. The van der Waals surface area contributed by atoms with Crippen molar-refractivity contribution in [2.45, 2.75) is 6.10 Å². The third-order valence-electron chi connectivity index (χ3n) is 3.72. The molecule has 2 rings (SSSR count). The molecule has 2 aromatic rings. The number of aliphatic hydroxyl groups excluding tert-OH is 1. The third-order valence-corrected chi connectivity index (χ3v) is 3.72. The first-order chi connectivity index (χ1) is 11.3. The second-order valence-electron chi connectivity index (χ2n) is 6.89. The van der Waals surface area contributed by atoms with Crippen LogP contribution in [0.25, 0.3) is 12.2 Å². The van der Waals surface area contributed by atoms with Crippen molar-refractivity contribution in [3.63, 3.8) is 0 Å². The molecule has 0 heterocycles. The van der Waals surface area contributed by atoms with Gasteiger partial charge in [-0.05, 0) is 28.8 Å². The van der Waals surface area contributed by atoms with Gasteiger partial charge in [0.15, 0.2) is 11.5 Å². The molecule has 1 unspecified atom stereocenters. The molecule has 0 bridgehead atoms. The number of halogens is 1. The van der Waals surface area contributed by atoms with Gasteiger partial charge in [-0.25, -0.2) is 0 Å². The molecule has 2 N–H and O–H groups in total. The average molecular weight is 455 g/mol. The van der Waals surface area contributed by atoms with Gasteiger partial charge in [-0.2, -0.15) is 0 Å². The Bertz CT molecular complexity index is 709. The Kier molecular flexibility index (Phi) is 7.92. The van der Waals surface area contributed by atoms with E-state index >= 15 is 0 Å². The molecule has 0 aliphatic rings. The summed E-state index contributed by atoms with van der Waals surface area (Å²) in [5.74, 6) is 0.425. The summed E-state index contributed by atoms with van der Waals surface area (Å²) < 4.78 is 5.82. The van der Waals surface area contributed by atoms with E-state index in [0.717, 1.165) is 16.7 Å². The van der Waals surface area contributed by atoms with Gasteiger partial charge in [-0.1, -0.05) is 42.5 Å². The fraction of sp³-hybridized carbons (Fsp3) is 0.300. The first kappa shape index (κ1) is 21.5. The Morgan fingerprint density at radius 3 is 2.28 bits per heavy atom. The van der Waals surface area contributed by atoms with Crippen LogP contribution in [-0.2, 0) is 0 Å². The third kappa shape index (κ3) is 6.34. The second kappa shape index (κ2) is 9.22. The van der Waals surface area contributed by atoms with Crippen molar-refractivity contribution in [3.8, 4) is 11.5 Å². The highest BCUT2D eigenvalue weighted by Crippen LogP contribution is 2.34. The number of likely N-dealkylation sites (N-methyl/N-ethyl adjacent to an activating group) is 1. The van der Waals surface area contributed by atoms with Gasteiger partial charge in [0.25, 0.3) is 0 Å². The molecule has 1 atom stereocenters. The van der Waals surface area contributed by atoms with Crippen LogP contribution in [0.15, 0.2) is 42.5 Å². The number of aromatic hydroxyl groups is 1. The molecule has 0 saturated carbocycles. The van der Waals surface area contributed by atoms with Crippen molar-refractivity contribution in [2.24, 2.45) is 0 Å². The molecule has 136 valence electrons. The fourth-order valence-corrected chi connectivity index (χ4v) is 2.56. The van der Waals surface area contributed by atoms with Crippen molar-refractivity contribution in [1.82, 2.24) is 0 Å². The smallest absolute Gasteiger partial charge is 0.160 e. The van der Waals surface area contributed by atoms with Gasteiger partial charge >= 0.3 is 0 Å². The number of phenolic OH excluding ortho intramolecular Hbond substituents is 1. The minimum Gasteiger partial charge on any atom is -1.00 e. The van der Waals surface area contributed by atoms with E-state index in [4.69, 9.17) is 4.74 Å². The molecule has 0 aliphatic carbocycles. The number of methoxy groups -OCH3 is 1. The van der Waals surface area contributed by atoms with Gasteiger partial charge in [0.1, 0.15) is 12.6 Å². The van der Waals surface area contributed by atoms with Crippen LogP contribution in [-0.4, -0.2) is 49.5 Å². The molecular weight excluding hydrogens is 429 g/mol. The first-order valence-corrected chi connectivity index (χ1v) is 7.93. The lowest BCUT2D eigenvalue weighted by atomic mass is 9.99. The number of hydrogen-bond acceptors (Lipinski definition) is 3. The van der Waals surface area contributed by atoms with E-state index in [2.05, 4.69) is 0 Å². The van der Waals surface area contributed by atoms with Crippen molar-refractivity contribution >= 4 is 12.2 Å². The van der Waals surface area contributed by atoms with Crippen molar-refractivity contribution in [3.05, 3.63) is 59.2 Å². The number of quaternary nitrogens is 1. The van der Waals surface area contributed by atoms with E-state index in [9.17, 15) is 10.2 Å². The van der Waals surface area contributed by atoms with Crippen molar-refractivity contribution in [2.75, 3.05) is 34.8 Å². The van der Waals surface area contributed by atoms with E-state index in [-0.39, 0.29) is 29.7 Å². The average Bonchev–Trinajstić information content (AvgIpc) is 2.52. The summed E-state index contributed by atoms with van der Waals surface area (Å²) in [4.78, 5) is 0. The molecular formula is C20H26INO3. The van der Waals surface area contributed by atoms with E-state index in [1.54, 1.807) is 12.1 Å². The number of ether oxygens (including phenoxy) is 1. The predicted molar refractivity (Wildman–Crippen MR) is 97.9 cm³/mol. The van der Waals surface area contributed by atoms with E-state index < -0.39 is 6.10 Å². The number of phenols is 1. The molecule has 4 nitrogen and oxygen atoms in total. The Labute approximate surface area is 167 Å². The van der Waals surface area contributed by atoms with Crippen LogP contribution in [0.5, 0.6) is 11.5 Å². The first-order valence-electron chi connectivity index (χ1n) is 7.93. The van der Waals surface area contributed by atoms with Crippen molar-refractivity contribution in [1.29, 1.82) is 0 Å². The van der Waals surface area contributed by atoms with Crippen molar-refractivity contribution < 1.29 is 43.4 Å². The summed E-state index contributed by atoms with van der Waals surface area (Å²) >= 11 is 0. The monoisotopic (exact) mass is 455 g/mol. The summed E-state index contributed by atoms with van der Waals surface area (Å²) in [6.07, 6.45) is 3.21. The highest BCUT2D eigenvalue weighted by Gasteiger charge is 2.21. The number of hydrogen-bond donors (Lipinski definition) is 2. The summed E-state index contributed by atoms with van der Waals surface area (Å²) in [7, 11) is 7.59. The molecule has 0 saturated heterocycles. The maximum absolute atomic E-state index is 10.7. The largest absolute Gasteiger partial charge is 1.00 e. The topological polar surface area (TPSA) is 49.7 Å². The number of rotatable bonds is 6. The van der Waals surface area contributed by atoms with E-state index in [1.165, 1.54) is 7.11 Å². The number of nitrogens with zero attached hydrogens (tertiary/aromatic N) is 1. The summed E-state index contributed by atoms with van der Waals surface area (Å²) in [5.41, 5.74) is 2.57. The quantitative estimate of drug-likeness (QED) is 0.375. The Balaban J connectivity index is 0.00000312. The summed E-state index contributed by atoms with van der Waals surface area (Å²) in [6, 6.07) is 13.2. The Hall–Kier alpha value is -1.57. The lowest BCUT2D eigenvalue weighted by Crippen LogP contribution is -3.00. The minimum atomic E-state index is -0.657. The van der Waals surface area contributed by atoms with E-state index in [0.29, 0.717) is 16.8 Å². The highest BCUT2D eigenvalue weighted by molar-refractivity contribution is 5.73. The van der Waals surface area contributed by atoms with Crippen LogP contribution in [0.1, 0.15) is 22.8 Å². The molecule has 25 heavy (non-hydrogen) atoms. The molecule has 5 heteroatoms. The zero-order chi connectivity index (χ0) is 17.7. The lowest BCUT2D eigenvalue weighted by Gasteiger charge is -2.27. The SMILES string of the molecule is COc1cc(C(O)C[N+](C)(C)C)c(/C=C/c2ccccc2)cc1O.[I-]. The molecule has 0 fully saturated rings. The van der Waals surface area contributed by atoms with Gasteiger partial charge in [-0.3, -0.25) is 0 Å². The molecule has 0 radical (unpaired) electrons. The van der Waals surface area contributed by atoms with Crippen LogP contribution in [0.3, 0.4) is 0 Å². The maximum Gasteiger partial charge on any atom is 0.160 e. The van der Waals surface area contributed by atoms with E-state index in [1.807, 2.05) is 63.6 Å². The molecule has 0 aromatic heterocycles. The molecule has 0 amide bonds. The standard InChI is InChI=1S/C20H25NO3.HI/c1-21(2,3)14-19(23)17-13-20(24-4)18(22)12-16(17)11-10-15-8-6-5-7-9-15;/h5-13,19,23H,14H2,1-4H3;1H/b11-10+;.